The molecule has 4 rings (SSSR count). The van der Waals surface area contributed by atoms with Gasteiger partial charge in [-0.15, -0.1) is 0 Å². The maximum absolute atomic E-state index is 13.3. The Kier molecular flexibility index (Phi) is 6.11. The van der Waals surface area contributed by atoms with E-state index >= 15 is 0 Å². The van der Waals surface area contributed by atoms with Crippen molar-refractivity contribution < 1.29 is 33.4 Å². The fraction of sp³-hybridized carbons (Fsp3) is 0.120. The quantitative estimate of drug-likeness (QED) is 0.288. The van der Waals surface area contributed by atoms with Crippen molar-refractivity contribution in [2.24, 2.45) is 4.99 Å². The molecule has 0 aliphatic carbocycles. The Morgan fingerprint density at radius 1 is 1.00 bits per heavy atom. The topological polar surface area (TPSA) is 123 Å². The molecule has 2 aromatic carbocycles. The Balaban J connectivity index is 1.73. The number of fused-ring (bicyclic) bond motifs is 1. The van der Waals surface area contributed by atoms with Gasteiger partial charge in [0.2, 0.25) is 17.6 Å². The average Bonchev–Trinajstić information content (AvgIpc) is 3.01. The molecular formula is C25H19N3O7. The summed E-state index contributed by atoms with van der Waals surface area (Å²) in [5.41, 5.74) is 0.509. The molecule has 0 saturated carbocycles. The number of ketones is 1. The summed E-state index contributed by atoms with van der Waals surface area (Å²) in [5, 5.41) is 0. The molecule has 10 heteroatoms. The molecule has 2 heterocycles. The second-order valence-electron chi connectivity index (χ2n) is 7.61. The number of Topliss-reactive ketones (excluding diaryl/α,β-unsaturated/α-hetero) is 1. The van der Waals surface area contributed by atoms with E-state index in [9.17, 15) is 24.0 Å². The Morgan fingerprint density at radius 2 is 1.69 bits per heavy atom. The van der Waals surface area contributed by atoms with Crippen molar-refractivity contribution >= 4 is 41.6 Å². The fourth-order valence-corrected chi connectivity index (χ4v) is 3.50. The number of aliphatic imine (C=N–C) groups is 1. The van der Waals surface area contributed by atoms with Crippen LogP contribution in [0.3, 0.4) is 0 Å². The lowest BCUT2D eigenvalue weighted by Crippen LogP contribution is -2.33. The molecular weight excluding hydrogens is 454 g/mol. The summed E-state index contributed by atoms with van der Waals surface area (Å²) in [5.74, 6) is -2.84. The minimum absolute atomic E-state index is 0.0859. The normalized spacial score (nSPS) is 18.8. The SMILES string of the molecule is CC(=O)N=C1N(/C=C2\C(=O)Oc3ccccc3C2=O)C(=O)/C(=C\c2ccc(OC(C)=O)cc2)N1C. The summed E-state index contributed by atoms with van der Waals surface area (Å²) in [6, 6.07) is 12.6. The number of para-hydroxylation sites is 1. The van der Waals surface area contributed by atoms with Crippen LogP contribution in [0.25, 0.3) is 6.08 Å². The molecule has 0 bridgehead atoms. The number of rotatable bonds is 3. The first-order valence-electron chi connectivity index (χ1n) is 10.4. The third-order valence-electron chi connectivity index (χ3n) is 5.07. The number of likely N-dealkylation sites (N-methyl/N-ethyl adjacent to an activating group) is 1. The Labute approximate surface area is 199 Å². The molecule has 1 saturated heterocycles. The highest BCUT2D eigenvalue weighted by atomic mass is 16.5. The van der Waals surface area contributed by atoms with Gasteiger partial charge in [0.1, 0.15) is 22.8 Å². The van der Waals surface area contributed by atoms with E-state index in [1.54, 1.807) is 36.4 Å². The van der Waals surface area contributed by atoms with Gasteiger partial charge in [-0.2, -0.15) is 4.99 Å². The smallest absolute Gasteiger partial charge is 0.349 e. The lowest BCUT2D eigenvalue weighted by molar-refractivity contribution is -0.132. The first kappa shape index (κ1) is 23.3. The van der Waals surface area contributed by atoms with Gasteiger partial charge in [-0.05, 0) is 35.9 Å². The molecule has 2 amide bonds. The van der Waals surface area contributed by atoms with Gasteiger partial charge in [0.15, 0.2) is 0 Å². The Morgan fingerprint density at radius 3 is 2.34 bits per heavy atom. The number of benzene rings is 2. The van der Waals surface area contributed by atoms with Crippen LogP contribution in [-0.4, -0.2) is 52.3 Å². The summed E-state index contributed by atoms with van der Waals surface area (Å²) in [6.45, 7) is 2.49. The van der Waals surface area contributed by atoms with Gasteiger partial charge < -0.3 is 14.4 Å². The van der Waals surface area contributed by atoms with Gasteiger partial charge >= 0.3 is 11.9 Å². The van der Waals surface area contributed by atoms with Gasteiger partial charge in [-0.3, -0.25) is 24.1 Å². The van der Waals surface area contributed by atoms with Gasteiger partial charge in [-0.1, -0.05) is 24.3 Å². The summed E-state index contributed by atoms with van der Waals surface area (Å²) in [6.07, 6.45) is 2.57. The predicted octanol–water partition coefficient (Wildman–Crippen LogP) is 2.32. The minimum Gasteiger partial charge on any atom is -0.427 e. The predicted molar refractivity (Wildman–Crippen MR) is 123 cm³/mol. The molecule has 0 spiro atoms. The van der Waals surface area contributed by atoms with Crippen LogP contribution in [0.2, 0.25) is 0 Å². The zero-order chi connectivity index (χ0) is 25.3. The summed E-state index contributed by atoms with van der Waals surface area (Å²) >= 11 is 0. The number of hydrogen-bond acceptors (Lipinski definition) is 7. The van der Waals surface area contributed by atoms with Crippen LogP contribution >= 0.6 is 0 Å². The molecule has 35 heavy (non-hydrogen) atoms. The highest BCUT2D eigenvalue weighted by Crippen LogP contribution is 2.30. The number of ether oxygens (including phenoxy) is 2. The molecule has 0 atom stereocenters. The van der Waals surface area contributed by atoms with Crippen molar-refractivity contribution in [1.82, 2.24) is 9.80 Å². The van der Waals surface area contributed by atoms with Crippen LogP contribution in [0, 0.1) is 0 Å². The Hall–Kier alpha value is -4.86. The molecule has 176 valence electrons. The van der Waals surface area contributed by atoms with Crippen molar-refractivity contribution in [1.29, 1.82) is 0 Å². The van der Waals surface area contributed by atoms with E-state index in [-0.39, 0.29) is 28.5 Å². The molecule has 2 aliphatic heterocycles. The molecule has 1 fully saturated rings. The van der Waals surface area contributed by atoms with Crippen molar-refractivity contribution in [2.75, 3.05) is 7.05 Å². The van der Waals surface area contributed by atoms with Crippen LogP contribution in [0.5, 0.6) is 11.5 Å². The van der Waals surface area contributed by atoms with E-state index in [1.807, 2.05) is 0 Å². The maximum Gasteiger partial charge on any atom is 0.349 e. The first-order valence-corrected chi connectivity index (χ1v) is 10.4. The minimum atomic E-state index is -0.926. The molecule has 0 N–H and O–H groups in total. The molecule has 0 unspecified atom stereocenters. The van der Waals surface area contributed by atoms with Gasteiger partial charge in [0, 0.05) is 27.1 Å². The summed E-state index contributed by atoms with van der Waals surface area (Å²) in [7, 11) is 1.52. The van der Waals surface area contributed by atoms with E-state index in [0.29, 0.717) is 11.3 Å². The van der Waals surface area contributed by atoms with Crippen molar-refractivity contribution in [3.05, 3.63) is 77.1 Å². The summed E-state index contributed by atoms with van der Waals surface area (Å²) < 4.78 is 10.2. The van der Waals surface area contributed by atoms with Gasteiger partial charge in [0.25, 0.3) is 5.91 Å². The lowest BCUT2D eigenvalue weighted by atomic mass is 10.0. The van der Waals surface area contributed by atoms with Gasteiger partial charge in [0.05, 0.1) is 5.56 Å². The highest BCUT2D eigenvalue weighted by Gasteiger charge is 2.39. The Bertz CT molecular complexity index is 1370. The van der Waals surface area contributed by atoms with Gasteiger partial charge in [-0.25, -0.2) is 4.79 Å². The fourth-order valence-electron chi connectivity index (χ4n) is 3.50. The number of hydrogen-bond donors (Lipinski definition) is 0. The number of amides is 2. The number of carbonyl (C=O) groups excluding carboxylic acids is 5. The van der Waals surface area contributed by atoms with E-state index in [1.165, 1.54) is 44.0 Å². The lowest BCUT2D eigenvalue weighted by Gasteiger charge is -2.19. The van der Waals surface area contributed by atoms with Crippen LogP contribution in [0.1, 0.15) is 29.8 Å². The average molecular weight is 473 g/mol. The van der Waals surface area contributed by atoms with E-state index < -0.39 is 29.5 Å². The maximum atomic E-state index is 13.3. The standard InChI is InChI=1S/C25H19N3O7/c1-14(29)26-25-27(3)20(12-16-8-10-17(11-9-16)34-15(2)30)23(32)28(25)13-19-22(31)18-6-4-5-7-21(18)35-24(19)33/h4-13H,1-3H3/b19-13-,20-12+,26-25?. The third kappa shape index (κ3) is 4.62. The molecule has 10 nitrogen and oxygen atoms in total. The first-order chi connectivity index (χ1) is 16.7. The largest absolute Gasteiger partial charge is 0.427 e. The monoisotopic (exact) mass is 473 g/mol. The summed E-state index contributed by atoms with van der Waals surface area (Å²) in [4.78, 5) is 67.9. The van der Waals surface area contributed by atoms with Crippen molar-refractivity contribution in [3.8, 4) is 11.5 Å². The molecule has 0 aromatic heterocycles. The molecule has 2 aliphatic rings. The third-order valence-corrected chi connectivity index (χ3v) is 5.07. The molecule has 2 aromatic rings. The second kappa shape index (κ2) is 9.18. The van der Waals surface area contributed by atoms with Crippen molar-refractivity contribution in [2.45, 2.75) is 13.8 Å². The van der Waals surface area contributed by atoms with E-state index in [0.717, 1.165) is 11.1 Å². The highest BCUT2D eigenvalue weighted by molar-refractivity contribution is 6.28. The van der Waals surface area contributed by atoms with Crippen LogP contribution < -0.4 is 9.47 Å². The molecule has 0 radical (unpaired) electrons. The van der Waals surface area contributed by atoms with E-state index in [4.69, 9.17) is 9.47 Å². The van der Waals surface area contributed by atoms with Crippen LogP contribution in [0.15, 0.2) is 71.0 Å². The second-order valence-corrected chi connectivity index (χ2v) is 7.61. The van der Waals surface area contributed by atoms with Crippen molar-refractivity contribution in [3.63, 3.8) is 0 Å². The number of nitrogens with zero attached hydrogens (tertiary/aromatic N) is 3. The van der Waals surface area contributed by atoms with E-state index in [2.05, 4.69) is 4.99 Å². The number of carbonyl (C=O) groups is 5. The number of guanidine groups is 1. The van der Waals surface area contributed by atoms with Crippen LogP contribution in [0.4, 0.5) is 0 Å². The zero-order valence-corrected chi connectivity index (χ0v) is 19.0. The van der Waals surface area contributed by atoms with Crippen LogP contribution in [-0.2, 0) is 19.2 Å². The number of esters is 2. The zero-order valence-electron chi connectivity index (χ0n) is 19.0.